The van der Waals surface area contributed by atoms with Crippen molar-refractivity contribution in [1.82, 2.24) is 14.8 Å². The van der Waals surface area contributed by atoms with E-state index >= 15 is 0 Å². The number of β-amino-alcohol motifs (C(OH)–C–C–N with tert-alkyl or cyclic N) is 1. The average molecular weight is 339 g/mol. The zero-order chi connectivity index (χ0) is 17.2. The van der Waals surface area contributed by atoms with Gasteiger partial charge in [0.2, 0.25) is 5.91 Å². The van der Waals surface area contributed by atoms with E-state index in [2.05, 4.69) is 4.98 Å². The average Bonchev–Trinajstić information content (AvgIpc) is 2.93. The van der Waals surface area contributed by atoms with E-state index in [-0.39, 0.29) is 31.7 Å². The summed E-state index contributed by atoms with van der Waals surface area (Å²) in [5, 5.41) is 10.7. The molecule has 0 aliphatic carbocycles. The summed E-state index contributed by atoms with van der Waals surface area (Å²) in [5.74, 6) is -2.62. The second-order valence-corrected chi connectivity index (χ2v) is 6.96. The maximum absolute atomic E-state index is 13.2. The third kappa shape index (κ3) is 4.27. The number of carbonyl (C=O) groups is 1. The van der Waals surface area contributed by atoms with Gasteiger partial charge < -0.3 is 10.0 Å². The summed E-state index contributed by atoms with van der Waals surface area (Å²) in [6.45, 7) is 1.69. The molecule has 0 unspecified atom stereocenters. The van der Waals surface area contributed by atoms with Crippen molar-refractivity contribution in [3.63, 3.8) is 0 Å². The SMILES string of the molecule is O=C(Cc1cccnc1)N1CC[C@](O)(CN2CCC(F)(F)CC2)C1. The van der Waals surface area contributed by atoms with Gasteiger partial charge in [0.1, 0.15) is 0 Å². The van der Waals surface area contributed by atoms with Crippen molar-refractivity contribution >= 4 is 5.91 Å². The van der Waals surface area contributed by atoms with E-state index in [0.717, 1.165) is 5.56 Å². The monoisotopic (exact) mass is 339 g/mol. The molecule has 0 spiro atoms. The molecule has 2 aliphatic rings. The highest BCUT2D eigenvalue weighted by atomic mass is 19.3. The van der Waals surface area contributed by atoms with E-state index in [4.69, 9.17) is 0 Å². The zero-order valence-corrected chi connectivity index (χ0v) is 13.6. The Hall–Kier alpha value is -1.60. The molecule has 1 aromatic rings. The molecule has 2 aliphatic heterocycles. The molecule has 0 aromatic carbocycles. The van der Waals surface area contributed by atoms with Gasteiger partial charge in [-0.1, -0.05) is 6.07 Å². The lowest BCUT2D eigenvalue weighted by molar-refractivity contribution is -0.130. The predicted molar refractivity (Wildman–Crippen MR) is 84.7 cm³/mol. The van der Waals surface area contributed by atoms with Crippen LogP contribution >= 0.6 is 0 Å². The van der Waals surface area contributed by atoms with Gasteiger partial charge in [-0.2, -0.15) is 0 Å². The molecule has 3 heterocycles. The van der Waals surface area contributed by atoms with Gasteiger partial charge in [0.15, 0.2) is 0 Å². The minimum atomic E-state index is -2.58. The van der Waals surface area contributed by atoms with Crippen LogP contribution < -0.4 is 0 Å². The summed E-state index contributed by atoms with van der Waals surface area (Å²) in [5.41, 5.74) is -0.159. The van der Waals surface area contributed by atoms with Gasteiger partial charge in [-0.05, 0) is 18.1 Å². The molecule has 1 N–H and O–H groups in total. The lowest BCUT2D eigenvalue weighted by Crippen LogP contribution is -2.49. The summed E-state index contributed by atoms with van der Waals surface area (Å²) in [7, 11) is 0. The molecular formula is C17H23F2N3O2. The number of piperidine rings is 1. The van der Waals surface area contributed by atoms with Crippen LogP contribution in [-0.4, -0.2) is 70.0 Å². The van der Waals surface area contributed by atoms with E-state index in [1.165, 1.54) is 0 Å². The molecular weight excluding hydrogens is 316 g/mol. The third-order valence-corrected chi connectivity index (χ3v) is 4.87. The highest BCUT2D eigenvalue weighted by Crippen LogP contribution is 2.30. The Labute approximate surface area is 140 Å². The topological polar surface area (TPSA) is 56.7 Å². The second kappa shape index (κ2) is 6.72. The number of nitrogens with zero attached hydrogens (tertiary/aromatic N) is 3. The van der Waals surface area contributed by atoms with E-state index < -0.39 is 11.5 Å². The summed E-state index contributed by atoms with van der Waals surface area (Å²) in [4.78, 5) is 19.9. The second-order valence-electron chi connectivity index (χ2n) is 6.96. The number of likely N-dealkylation sites (tertiary alicyclic amines) is 2. The van der Waals surface area contributed by atoms with Crippen LogP contribution in [0.3, 0.4) is 0 Å². The first-order chi connectivity index (χ1) is 11.4. The zero-order valence-electron chi connectivity index (χ0n) is 13.6. The molecule has 3 rings (SSSR count). The molecule has 2 fully saturated rings. The quantitative estimate of drug-likeness (QED) is 0.899. The van der Waals surface area contributed by atoms with Crippen molar-refractivity contribution in [2.75, 3.05) is 32.7 Å². The predicted octanol–water partition coefficient (Wildman–Crippen LogP) is 1.32. The molecule has 2 saturated heterocycles. The summed E-state index contributed by atoms with van der Waals surface area (Å²) in [6.07, 6.45) is 3.75. The largest absolute Gasteiger partial charge is 0.387 e. The fourth-order valence-electron chi connectivity index (χ4n) is 3.44. The van der Waals surface area contributed by atoms with Crippen molar-refractivity contribution < 1.29 is 18.7 Å². The van der Waals surface area contributed by atoms with Gasteiger partial charge in [0.05, 0.1) is 18.6 Å². The normalized spacial score (nSPS) is 27.4. The number of rotatable bonds is 4. The van der Waals surface area contributed by atoms with Crippen LogP contribution in [0.5, 0.6) is 0 Å². The Morgan fingerprint density at radius 1 is 1.25 bits per heavy atom. The summed E-state index contributed by atoms with van der Waals surface area (Å²) >= 11 is 0. The summed E-state index contributed by atoms with van der Waals surface area (Å²) < 4.78 is 26.4. The minimum absolute atomic E-state index is 0.0379. The number of pyridine rings is 1. The van der Waals surface area contributed by atoms with Crippen LogP contribution in [-0.2, 0) is 11.2 Å². The minimum Gasteiger partial charge on any atom is -0.387 e. The number of alkyl halides is 2. The number of hydrogen-bond donors (Lipinski definition) is 1. The molecule has 1 amide bonds. The molecule has 0 saturated carbocycles. The van der Waals surface area contributed by atoms with Crippen LogP contribution in [0, 0.1) is 0 Å². The van der Waals surface area contributed by atoms with Crippen molar-refractivity contribution in [2.24, 2.45) is 0 Å². The van der Waals surface area contributed by atoms with Crippen LogP contribution in [0.25, 0.3) is 0 Å². The molecule has 132 valence electrons. The molecule has 24 heavy (non-hydrogen) atoms. The van der Waals surface area contributed by atoms with Crippen LogP contribution in [0.15, 0.2) is 24.5 Å². The van der Waals surface area contributed by atoms with Gasteiger partial charge in [-0.25, -0.2) is 8.78 Å². The number of carbonyl (C=O) groups excluding carboxylic acids is 1. The fourth-order valence-corrected chi connectivity index (χ4v) is 3.44. The van der Waals surface area contributed by atoms with Gasteiger partial charge in [-0.15, -0.1) is 0 Å². The number of halogens is 2. The van der Waals surface area contributed by atoms with E-state index in [1.807, 2.05) is 11.0 Å². The first kappa shape index (κ1) is 17.2. The highest BCUT2D eigenvalue weighted by Gasteiger charge is 2.41. The smallest absolute Gasteiger partial charge is 0.250 e. The Balaban J connectivity index is 1.51. The van der Waals surface area contributed by atoms with Crippen LogP contribution in [0.2, 0.25) is 0 Å². The van der Waals surface area contributed by atoms with E-state index in [1.54, 1.807) is 23.4 Å². The van der Waals surface area contributed by atoms with Gasteiger partial charge in [0.25, 0.3) is 5.92 Å². The van der Waals surface area contributed by atoms with Gasteiger partial charge in [-0.3, -0.25) is 14.7 Å². The Bertz CT molecular complexity index is 574. The molecule has 1 aromatic heterocycles. The Morgan fingerprint density at radius 3 is 2.67 bits per heavy atom. The van der Waals surface area contributed by atoms with Gasteiger partial charge >= 0.3 is 0 Å². The van der Waals surface area contributed by atoms with E-state index in [0.29, 0.717) is 32.6 Å². The van der Waals surface area contributed by atoms with E-state index in [9.17, 15) is 18.7 Å². The fraction of sp³-hybridized carbons (Fsp3) is 0.647. The molecule has 1 atom stereocenters. The highest BCUT2D eigenvalue weighted by molar-refractivity contribution is 5.79. The first-order valence-corrected chi connectivity index (χ1v) is 8.35. The lowest BCUT2D eigenvalue weighted by atomic mass is 10.00. The van der Waals surface area contributed by atoms with Crippen LogP contribution in [0.1, 0.15) is 24.8 Å². The van der Waals surface area contributed by atoms with Gasteiger partial charge in [0, 0.05) is 51.4 Å². The molecule has 7 heteroatoms. The molecule has 0 radical (unpaired) electrons. The van der Waals surface area contributed by atoms with Crippen molar-refractivity contribution in [1.29, 1.82) is 0 Å². The maximum Gasteiger partial charge on any atom is 0.250 e. The number of aliphatic hydroxyl groups is 1. The number of hydrogen-bond acceptors (Lipinski definition) is 4. The standard InChI is InChI=1S/C17H23F2N3O2/c18-17(19)4-7-21(8-5-17)12-16(24)3-9-22(13-16)15(23)10-14-2-1-6-20-11-14/h1-2,6,11,24H,3-5,7-10,12-13H2/t16-/m0/s1. The Kier molecular flexibility index (Phi) is 4.83. The number of aromatic nitrogens is 1. The molecule has 5 nitrogen and oxygen atoms in total. The Morgan fingerprint density at radius 2 is 2.00 bits per heavy atom. The van der Waals surface area contributed by atoms with Crippen LogP contribution in [0.4, 0.5) is 8.78 Å². The van der Waals surface area contributed by atoms with Crippen molar-refractivity contribution in [2.45, 2.75) is 37.2 Å². The molecule has 0 bridgehead atoms. The third-order valence-electron chi connectivity index (χ3n) is 4.87. The maximum atomic E-state index is 13.2. The lowest BCUT2D eigenvalue weighted by Gasteiger charge is -2.36. The summed E-state index contributed by atoms with van der Waals surface area (Å²) in [6, 6.07) is 3.64. The first-order valence-electron chi connectivity index (χ1n) is 8.35. The van der Waals surface area contributed by atoms with Crippen molar-refractivity contribution in [3.8, 4) is 0 Å². The van der Waals surface area contributed by atoms with Crippen molar-refractivity contribution in [3.05, 3.63) is 30.1 Å². The number of amides is 1.